The number of fused-ring (bicyclic) bond motifs is 1. The molecule has 8 heteroatoms. The van der Waals surface area contributed by atoms with Crippen molar-refractivity contribution in [2.24, 2.45) is 0 Å². The Labute approximate surface area is 176 Å². The van der Waals surface area contributed by atoms with Crippen LogP contribution in [-0.4, -0.2) is 28.7 Å². The van der Waals surface area contributed by atoms with Crippen molar-refractivity contribution in [2.45, 2.75) is 19.4 Å². The summed E-state index contributed by atoms with van der Waals surface area (Å²) in [6, 6.07) is 14.0. The SMILES string of the molecule is COc1ccc(-c2nn3c(c2C)NC(=O)C[C@@H]3C(=O)Nc2ccc(Br)cc2)cc1. The third-order valence-electron chi connectivity index (χ3n) is 4.86. The van der Waals surface area contributed by atoms with E-state index in [1.54, 1.807) is 23.9 Å². The second-order valence-electron chi connectivity index (χ2n) is 6.76. The summed E-state index contributed by atoms with van der Waals surface area (Å²) in [6.45, 7) is 1.88. The van der Waals surface area contributed by atoms with E-state index >= 15 is 0 Å². The second-order valence-corrected chi connectivity index (χ2v) is 7.68. The van der Waals surface area contributed by atoms with Crippen LogP contribution in [0.2, 0.25) is 0 Å². The number of benzene rings is 2. The summed E-state index contributed by atoms with van der Waals surface area (Å²) < 4.78 is 7.72. The molecule has 2 N–H and O–H groups in total. The number of hydrogen-bond donors (Lipinski definition) is 2. The number of carbonyl (C=O) groups excluding carboxylic acids is 2. The Bertz CT molecular complexity index is 1070. The van der Waals surface area contributed by atoms with Gasteiger partial charge in [0.1, 0.15) is 17.6 Å². The van der Waals surface area contributed by atoms with Crippen molar-refractivity contribution < 1.29 is 14.3 Å². The average Bonchev–Trinajstić information content (AvgIpc) is 3.05. The molecule has 0 bridgehead atoms. The van der Waals surface area contributed by atoms with Gasteiger partial charge in [0, 0.05) is 21.3 Å². The van der Waals surface area contributed by atoms with Gasteiger partial charge < -0.3 is 15.4 Å². The molecule has 0 aliphatic carbocycles. The van der Waals surface area contributed by atoms with E-state index in [4.69, 9.17) is 4.74 Å². The summed E-state index contributed by atoms with van der Waals surface area (Å²) in [5.41, 5.74) is 3.06. The van der Waals surface area contributed by atoms with Gasteiger partial charge in [0.05, 0.1) is 19.2 Å². The predicted octanol–water partition coefficient (Wildman–Crippen LogP) is 4.15. The first kappa shape index (κ1) is 19.2. The van der Waals surface area contributed by atoms with Crippen molar-refractivity contribution in [2.75, 3.05) is 17.7 Å². The first-order valence-electron chi connectivity index (χ1n) is 9.06. The van der Waals surface area contributed by atoms with Crippen molar-refractivity contribution in [3.8, 4) is 17.0 Å². The maximum absolute atomic E-state index is 12.9. The van der Waals surface area contributed by atoms with Gasteiger partial charge in [0.15, 0.2) is 0 Å². The Kier molecular flexibility index (Phi) is 5.10. The van der Waals surface area contributed by atoms with Crippen LogP contribution in [0.3, 0.4) is 0 Å². The summed E-state index contributed by atoms with van der Waals surface area (Å²) in [4.78, 5) is 25.2. The summed E-state index contributed by atoms with van der Waals surface area (Å²) in [7, 11) is 1.61. The lowest BCUT2D eigenvalue weighted by molar-refractivity contribution is -0.125. The van der Waals surface area contributed by atoms with Gasteiger partial charge in [0.2, 0.25) is 11.8 Å². The molecule has 7 nitrogen and oxygen atoms in total. The molecule has 0 fully saturated rings. The number of hydrogen-bond acceptors (Lipinski definition) is 4. The van der Waals surface area contributed by atoms with Gasteiger partial charge in [-0.25, -0.2) is 4.68 Å². The molecule has 1 aliphatic heterocycles. The fraction of sp³-hybridized carbons (Fsp3) is 0.190. The number of carbonyl (C=O) groups is 2. The van der Waals surface area contributed by atoms with Gasteiger partial charge in [0.25, 0.3) is 0 Å². The standard InChI is InChI=1S/C21H19BrN4O3/c1-12-19(13-3-9-16(29-2)10-4-13)25-26-17(11-18(27)24-20(12)26)21(28)23-15-7-5-14(22)6-8-15/h3-10,17H,11H2,1-2H3,(H,23,28)(H,24,27)/t17-/m1/s1. The number of methoxy groups -OCH3 is 1. The number of nitrogens with zero attached hydrogens (tertiary/aromatic N) is 2. The number of nitrogens with one attached hydrogen (secondary N) is 2. The molecular formula is C21H19BrN4O3. The van der Waals surface area contributed by atoms with E-state index in [0.29, 0.717) is 17.2 Å². The molecular weight excluding hydrogens is 436 g/mol. The zero-order chi connectivity index (χ0) is 20.5. The molecule has 0 unspecified atom stereocenters. The summed E-state index contributed by atoms with van der Waals surface area (Å²) in [5.74, 6) is 0.795. The number of halogens is 1. The number of amides is 2. The first-order valence-corrected chi connectivity index (χ1v) is 9.85. The maximum atomic E-state index is 12.9. The summed E-state index contributed by atoms with van der Waals surface area (Å²) in [6.07, 6.45) is 0.0263. The molecule has 2 amide bonds. The Morgan fingerprint density at radius 2 is 1.90 bits per heavy atom. The zero-order valence-electron chi connectivity index (χ0n) is 15.9. The number of anilines is 2. The quantitative estimate of drug-likeness (QED) is 0.619. The molecule has 0 saturated heterocycles. The summed E-state index contributed by atoms with van der Waals surface area (Å²) in [5, 5.41) is 10.4. The minimum atomic E-state index is -0.729. The first-order chi connectivity index (χ1) is 14.0. The van der Waals surface area contributed by atoms with E-state index in [1.807, 2.05) is 43.3 Å². The van der Waals surface area contributed by atoms with Crippen LogP contribution < -0.4 is 15.4 Å². The van der Waals surface area contributed by atoms with Gasteiger partial charge in [-0.3, -0.25) is 9.59 Å². The Hall–Kier alpha value is -3.13. The molecule has 1 atom stereocenters. The van der Waals surface area contributed by atoms with Crippen LogP contribution in [-0.2, 0) is 9.59 Å². The molecule has 148 valence electrons. The minimum absolute atomic E-state index is 0.0263. The van der Waals surface area contributed by atoms with Crippen LogP contribution in [0.4, 0.5) is 11.5 Å². The van der Waals surface area contributed by atoms with Crippen LogP contribution in [0, 0.1) is 6.92 Å². The molecule has 4 rings (SSSR count). The van der Waals surface area contributed by atoms with Crippen molar-refractivity contribution >= 4 is 39.2 Å². The smallest absolute Gasteiger partial charge is 0.249 e. The highest BCUT2D eigenvalue weighted by atomic mass is 79.9. The molecule has 3 aromatic rings. The lowest BCUT2D eigenvalue weighted by atomic mass is 10.1. The van der Waals surface area contributed by atoms with Crippen LogP contribution in [0.5, 0.6) is 5.75 Å². The van der Waals surface area contributed by atoms with Gasteiger partial charge >= 0.3 is 0 Å². The number of rotatable bonds is 4. The van der Waals surface area contributed by atoms with Crippen molar-refractivity contribution in [3.63, 3.8) is 0 Å². The summed E-state index contributed by atoms with van der Waals surface area (Å²) >= 11 is 3.37. The fourth-order valence-corrected chi connectivity index (χ4v) is 3.59. The Morgan fingerprint density at radius 1 is 1.21 bits per heavy atom. The molecule has 0 radical (unpaired) electrons. The van der Waals surface area contributed by atoms with Crippen LogP contribution in [0.15, 0.2) is 53.0 Å². The van der Waals surface area contributed by atoms with Crippen LogP contribution in [0.1, 0.15) is 18.0 Å². The highest BCUT2D eigenvalue weighted by Gasteiger charge is 2.34. The highest BCUT2D eigenvalue weighted by Crippen LogP contribution is 2.35. The Morgan fingerprint density at radius 3 is 2.55 bits per heavy atom. The Balaban J connectivity index is 1.67. The van der Waals surface area contributed by atoms with Crippen molar-refractivity contribution in [1.29, 1.82) is 0 Å². The van der Waals surface area contributed by atoms with Gasteiger partial charge in [-0.1, -0.05) is 15.9 Å². The topological polar surface area (TPSA) is 85.2 Å². The van der Waals surface area contributed by atoms with Gasteiger partial charge in [-0.2, -0.15) is 5.10 Å². The second kappa shape index (κ2) is 7.71. The third kappa shape index (κ3) is 3.75. The highest BCUT2D eigenvalue weighted by molar-refractivity contribution is 9.10. The van der Waals surface area contributed by atoms with Crippen LogP contribution in [0.25, 0.3) is 11.3 Å². The molecule has 2 aromatic carbocycles. The van der Waals surface area contributed by atoms with Crippen molar-refractivity contribution in [1.82, 2.24) is 9.78 Å². The van der Waals surface area contributed by atoms with E-state index in [9.17, 15) is 9.59 Å². The zero-order valence-corrected chi connectivity index (χ0v) is 17.5. The van der Waals surface area contributed by atoms with E-state index in [2.05, 4.69) is 31.7 Å². The molecule has 1 aliphatic rings. The normalized spacial score (nSPS) is 15.4. The molecule has 0 saturated carbocycles. The van der Waals surface area contributed by atoms with Gasteiger partial charge in [-0.05, 0) is 55.5 Å². The van der Waals surface area contributed by atoms with Crippen LogP contribution >= 0.6 is 15.9 Å². The molecule has 1 aromatic heterocycles. The van der Waals surface area contributed by atoms with E-state index in [0.717, 1.165) is 21.3 Å². The lowest BCUT2D eigenvalue weighted by Crippen LogP contribution is -2.35. The fourth-order valence-electron chi connectivity index (χ4n) is 3.32. The monoisotopic (exact) mass is 454 g/mol. The predicted molar refractivity (Wildman–Crippen MR) is 114 cm³/mol. The van der Waals surface area contributed by atoms with E-state index in [-0.39, 0.29) is 18.2 Å². The number of aromatic nitrogens is 2. The average molecular weight is 455 g/mol. The van der Waals surface area contributed by atoms with Gasteiger partial charge in [-0.15, -0.1) is 0 Å². The number of ether oxygens (including phenoxy) is 1. The third-order valence-corrected chi connectivity index (χ3v) is 5.39. The van der Waals surface area contributed by atoms with E-state index in [1.165, 1.54) is 0 Å². The molecule has 0 spiro atoms. The molecule has 29 heavy (non-hydrogen) atoms. The van der Waals surface area contributed by atoms with Crippen molar-refractivity contribution in [3.05, 3.63) is 58.6 Å². The minimum Gasteiger partial charge on any atom is -0.497 e. The maximum Gasteiger partial charge on any atom is 0.249 e. The largest absolute Gasteiger partial charge is 0.497 e. The van der Waals surface area contributed by atoms with E-state index < -0.39 is 6.04 Å². The molecule has 2 heterocycles. The lowest BCUT2D eigenvalue weighted by Gasteiger charge is -2.24.